The van der Waals surface area contributed by atoms with E-state index in [-0.39, 0.29) is 17.5 Å². The molecule has 0 amide bonds. The molecule has 106 valence electrons. The van der Waals surface area contributed by atoms with Crippen molar-refractivity contribution in [2.75, 3.05) is 0 Å². The highest BCUT2D eigenvalue weighted by Gasteiger charge is 2.28. The average Bonchev–Trinajstić information content (AvgIpc) is 2.30. The van der Waals surface area contributed by atoms with Gasteiger partial charge < -0.3 is 5.11 Å². The summed E-state index contributed by atoms with van der Waals surface area (Å²) >= 11 is 0. The molecular formula is C15H12F4O. The van der Waals surface area contributed by atoms with E-state index in [9.17, 15) is 22.7 Å². The van der Waals surface area contributed by atoms with Crippen LogP contribution in [0.4, 0.5) is 17.6 Å². The first-order valence-corrected chi connectivity index (χ1v) is 5.91. The van der Waals surface area contributed by atoms with Gasteiger partial charge in [-0.25, -0.2) is 17.6 Å². The summed E-state index contributed by atoms with van der Waals surface area (Å²) in [5.74, 6) is -3.85. The molecule has 1 unspecified atom stereocenters. The third kappa shape index (κ3) is 2.99. The van der Waals surface area contributed by atoms with Crippen molar-refractivity contribution >= 4 is 0 Å². The Bertz CT molecular complexity index is 618. The lowest BCUT2D eigenvalue weighted by molar-refractivity contribution is 0.0529. The van der Waals surface area contributed by atoms with E-state index < -0.39 is 28.9 Å². The molecule has 0 aliphatic heterocycles. The SMILES string of the molecule is CC(O)(Cc1cc(F)cc(F)c1)c1cccc(F)c1F. The first-order chi connectivity index (χ1) is 9.29. The van der Waals surface area contributed by atoms with E-state index >= 15 is 0 Å². The van der Waals surface area contributed by atoms with Gasteiger partial charge in [-0.1, -0.05) is 12.1 Å². The Labute approximate surface area is 113 Å². The lowest BCUT2D eigenvalue weighted by atomic mass is 9.88. The highest BCUT2D eigenvalue weighted by molar-refractivity contribution is 5.28. The summed E-state index contributed by atoms with van der Waals surface area (Å²) in [4.78, 5) is 0. The largest absolute Gasteiger partial charge is 0.385 e. The summed E-state index contributed by atoms with van der Waals surface area (Å²) in [5, 5.41) is 10.3. The Morgan fingerprint density at radius 2 is 1.60 bits per heavy atom. The van der Waals surface area contributed by atoms with Gasteiger partial charge in [0.25, 0.3) is 0 Å². The van der Waals surface area contributed by atoms with E-state index in [4.69, 9.17) is 0 Å². The Morgan fingerprint density at radius 1 is 1.00 bits per heavy atom. The van der Waals surface area contributed by atoms with Crippen molar-refractivity contribution < 1.29 is 22.7 Å². The summed E-state index contributed by atoms with van der Waals surface area (Å²) in [6, 6.07) is 6.18. The molecule has 2 rings (SSSR count). The number of rotatable bonds is 3. The molecule has 5 heteroatoms. The molecule has 0 spiro atoms. The fourth-order valence-electron chi connectivity index (χ4n) is 2.13. The Kier molecular flexibility index (Phi) is 3.81. The van der Waals surface area contributed by atoms with Crippen LogP contribution in [-0.4, -0.2) is 5.11 Å². The molecule has 0 saturated carbocycles. The van der Waals surface area contributed by atoms with Crippen LogP contribution in [-0.2, 0) is 12.0 Å². The smallest absolute Gasteiger partial charge is 0.164 e. The highest BCUT2D eigenvalue weighted by Crippen LogP contribution is 2.29. The van der Waals surface area contributed by atoms with Crippen LogP contribution >= 0.6 is 0 Å². The zero-order valence-corrected chi connectivity index (χ0v) is 10.6. The van der Waals surface area contributed by atoms with Crippen LogP contribution in [0.5, 0.6) is 0 Å². The maximum atomic E-state index is 13.7. The summed E-state index contributed by atoms with van der Waals surface area (Å²) < 4.78 is 53.0. The van der Waals surface area contributed by atoms with Gasteiger partial charge in [-0.15, -0.1) is 0 Å². The first kappa shape index (κ1) is 14.5. The molecule has 1 N–H and O–H groups in total. The standard InChI is InChI=1S/C15H12F4O/c1-15(20,12-3-2-4-13(18)14(12)19)8-9-5-10(16)7-11(17)6-9/h2-7,20H,8H2,1H3. The molecule has 2 aromatic rings. The molecule has 1 nitrogen and oxygen atoms in total. The molecule has 0 fully saturated rings. The summed E-state index contributed by atoms with van der Waals surface area (Å²) in [6.45, 7) is 1.26. The van der Waals surface area contributed by atoms with Crippen molar-refractivity contribution in [3.05, 3.63) is 70.8 Å². The number of hydrogen-bond donors (Lipinski definition) is 1. The van der Waals surface area contributed by atoms with Gasteiger partial charge in [-0.05, 0) is 30.7 Å². The summed E-state index contributed by atoms with van der Waals surface area (Å²) in [6.07, 6.45) is -0.248. The number of aliphatic hydroxyl groups is 1. The molecule has 0 heterocycles. The lowest BCUT2D eigenvalue weighted by Crippen LogP contribution is -2.26. The van der Waals surface area contributed by atoms with Gasteiger partial charge in [0, 0.05) is 18.1 Å². The van der Waals surface area contributed by atoms with E-state index in [1.54, 1.807) is 0 Å². The van der Waals surface area contributed by atoms with E-state index in [0.29, 0.717) is 6.07 Å². The van der Waals surface area contributed by atoms with Gasteiger partial charge in [0.05, 0.1) is 5.60 Å². The molecule has 0 aliphatic rings. The molecule has 20 heavy (non-hydrogen) atoms. The van der Waals surface area contributed by atoms with Crippen LogP contribution in [0.2, 0.25) is 0 Å². The van der Waals surface area contributed by atoms with Gasteiger partial charge >= 0.3 is 0 Å². The molecule has 0 bridgehead atoms. The van der Waals surface area contributed by atoms with Gasteiger partial charge in [-0.3, -0.25) is 0 Å². The summed E-state index contributed by atoms with van der Waals surface area (Å²) in [7, 11) is 0. The summed E-state index contributed by atoms with van der Waals surface area (Å²) in [5.41, 5.74) is -1.90. The highest BCUT2D eigenvalue weighted by atomic mass is 19.2. The van der Waals surface area contributed by atoms with Crippen LogP contribution in [0, 0.1) is 23.3 Å². The Balaban J connectivity index is 2.37. The van der Waals surface area contributed by atoms with E-state index in [1.807, 2.05) is 0 Å². The van der Waals surface area contributed by atoms with Crippen molar-refractivity contribution in [2.45, 2.75) is 18.9 Å². The molecule has 0 saturated heterocycles. The fourth-order valence-corrected chi connectivity index (χ4v) is 2.13. The van der Waals surface area contributed by atoms with Crippen molar-refractivity contribution in [3.63, 3.8) is 0 Å². The fraction of sp³-hybridized carbons (Fsp3) is 0.200. The quantitative estimate of drug-likeness (QED) is 0.852. The van der Waals surface area contributed by atoms with Crippen molar-refractivity contribution in [1.82, 2.24) is 0 Å². The van der Waals surface area contributed by atoms with Crippen LogP contribution in [0.15, 0.2) is 36.4 Å². The van der Waals surface area contributed by atoms with Crippen molar-refractivity contribution in [1.29, 1.82) is 0 Å². The van der Waals surface area contributed by atoms with Crippen LogP contribution in [0.3, 0.4) is 0 Å². The molecule has 0 aliphatic carbocycles. The van der Waals surface area contributed by atoms with E-state index in [0.717, 1.165) is 18.2 Å². The van der Waals surface area contributed by atoms with E-state index in [1.165, 1.54) is 19.1 Å². The van der Waals surface area contributed by atoms with Crippen molar-refractivity contribution in [2.24, 2.45) is 0 Å². The molecule has 0 radical (unpaired) electrons. The third-order valence-corrected chi connectivity index (χ3v) is 3.00. The third-order valence-electron chi connectivity index (χ3n) is 3.00. The maximum absolute atomic E-state index is 13.7. The van der Waals surface area contributed by atoms with Gasteiger partial charge in [-0.2, -0.15) is 0 Å². The molecule has 0 aromatic heterocycles. The second kappa shape index (κ2) is 5.25. The second-order valence-electron chi connectivity index (χ2n) is 4.83. The van der Waals surface area contributed by atoms with Gasteiger partial charge in [0.1, 0.15) is 11.6 Å². The minimum atomic E-state index is -1.79. The van der Waals surface area contributed by atoms with Crippen molar-refractivity contribution in [3.8, 4) is 0 Å². The molecule has 2 aromatic carbocycles. The molecule has 1 atom stereocenters. The van der Waals surface area contributed by atoms with E-state index in [2.05, 4.69) is 0 Å². The first-order valence-electron chi connectivity index (χ1n) is 5.91. The maximum Gasteiger partial charge on any atom is 0.164 e. The van der Waals surface area contributed by atoms with Crippen LogP contribution in [0.25, 0.3) is 0 Å². The van der Waals surface area contributed by atoms with Gasteiger partial charge in [0.15, 0.2) is 11.6 Å². The number of hydrogen-bond acceptors (Lipinski definition) is 1. The number of halogens is 4. The lowest BCUT2D eigenvalue weighted by Gasteiger charge is -2.24. The second-order valence-corrected chi connectivity index (χ2v) is 4.83. The number of benzene rings is 2. The minimum absolute atomic E-state index is 0.149. The zero-order chi connectivity index (χ0) is 14.9. The zero-order valence-electron chi connectivity index (χ0n) is 10.6. The Hall–Kier alpha value is -1.88. The predicted octanol–water partition coefficient (Wildman–Crippen LogP) is 3.69. The monoisotopic (exact) mass is 284 g/mol. The van der Waals surface area contributed by atoms with Gasteiger partial charge in [0.2, 0.25) is 0 Å². The topological polar surface area (TPSA) is 20.2 Å². The average molecular weight is 284 g/mol. The predicted molar refractivity (Wildman–Crippen MR) is 66.0 cm³/mol. The van der Waals surface area contributed by atoms with Crippen LogP contribution < -0.4 is 0 Å². The Morgan fingerprint density at radius 3 is 2.20 bits per heavy atom. The minimum Gasteiger partial charge on any atom is -0.385 e. The molecular weight excluding hydrogens is 272 g/mol. The van der Waals surface area contributed by atoms with Crippen LogP contribution in [0.1, 0.15) is 18.1 Å². The normalized spacial score (nSPS) is 14.1.